The molecule has 8 nitrogen and oxygen atoms in total. The Morgan fingerprint density at radius 3 is 2.39 bits per heavy atom. The van der Waals surface area contributed by atoms with E-state index in [1.165, 1.54) is 12.3 Å². The van der Waals surface area contributed by atoms with Crippen LogP contribution >= 0.6 is 0 Å². The van der Waals surface area contributed by atoms with Crippen LogP contribution in [-0.2, 0) is 33.0 Å². The van der Waals surface area contributed by atoms with Gasteiger partial charge in [-0.2, -0.15) is 0 Å². The van der Waals surface area contributed by atoms with Gasteiger partial charge in [-0.25, -0.2) is 26.3 Å². The summed E-state index contributed by atoms with van der Waals surface area (Å²) < 4.78 is 56.2. The Balaban J connectivity index is 1.44. The van der Waals surface area contributed by atoms with Crippen LogP contribution in [0.2, 0.25) is 0 Å². The lowest BCUT2D eigenvalue weighted by Crippen LogP contribution is -2.36. The Bertz CT molecular complexity index is 1320. The maximum atomic E-state index is 12.8. The molecule has 10 heteroatoms. The molecule has 0 radical (unpaired) electrons. The molecule has 2 heterocycles. The van der Waals surface area contributed by atoms with Crippen LogP contribution in [-0.4, -0.2) is 53.4 Å². The molecular weight excluding hydrogens is 436 g/mol. The van der Waals surface area contributed by atoms with E-state index in [1.807, 2.05) is 13.1 Å². The second-order valence-corrected chi connectivity index (χ2v) is 11.0. The molecule has 0 saturated heterocycles. The van der Waals surface area contributed by atoms with Crippen molar-refractivity contribution in [2.75, 3.05) is 26.7 Å². The highest BCUT2D eigenvalue weighted by Gasteiger charge is 2.24. The summed E-state index contributed by atoms with van der Waals surface area (Å²) in [5.74, 6) is 0. The molecule has 2 N–H and O–H groups in total. The van der Waals surface area contributed by atoms with E-state index in [1.54, 1.807) is 36.5 Å². The molecular formula is C21H24N4O4S2. The predicted octanol–water partition coefficient (Wildman–Crippen LogP) is 1.48. The average Bonchev–Trinajstić information content (AvgIpc) is 2.75. The smallest absolute Gasteiger partial charge is 0.241 e. The number of sulfonamides is 2. The standard InChI is InChI=1S/C21H24N4O4S2/c1-25-13-9-19-17(15-25)5-3-7-21(19)31(28,29)24-12-11-23-30(26,27)20-6-2-4-16-14-22-10-8-18(16)20/h2-8,10,14,23-24H,9,11-13,15H2,1H3. The summed E-state index contributed by atoms with van der Waals surface area (Å²) in [5.41, 5.74) is 1.83. The van der Waals surface area contributed by atoms with Crippen molar-refractivity contribution in [3.63, 3.8) is 0 Å². The predicted molar refractivity (Wildman–Crippen MR) is 119 cm³/mol. The lowest BCUT2D eigenvalue weighted by molar-refractivity contribution is 0.311. The Hall–Kier alpha value is -2.37. The molecule has 0 spiro atoms. The highest BCUT2D eigenvalue weighted by atomic mass is 32.2. The number of benzene rings is 2. The molecule has 4 rings (SSSR count). The first kappa shape index (κ1) is 21.8. The van der Waals surface area contributed by atoms with E-state index in [2.05, 4.69) is 19.3 Å². The molecule has 0 aliphatic carbocycles. The monoisotopic (exact) mass is 460 g/mol. The molecule has 0 atom stereocenters. The maximum Gasteiger partial charge on any atom is 0.241 e. The van der Waals surface area contributed by atoms with Gasteiger partial charge in [-0.15, -0.1) is 0 Å². The third-order valence-corrected chi connectivity index (χ3v) is 8.41. The zero-order valence-corrected chi connectivity index (χ0v) is 18.7. The van der Waals surface area contributed by atoms with Gasteiger partial charge in [-0.1, -0.05) is 24.3 Å². The van der Waals surface area contributed by atoms with Crippen molar-refractivity contribution in [1.82, 2.24) is 19.3 Å². The fraction of sp³-hybridized carbons (Fsp3) is 0.286. The third kappa shape index (κ3) is 4.63. The van der Waals surface area contributed by atoms with E-state index in [4.69, 9.17) is 0 Å². The summed E-state index contributed by atoms with van der Waals surface area (Å²) in [6.45, 7) is 1.37. The number of aromatic nitrogens is 1. The molecule has 1 aromatic heterocycles. The van der Waals surface area contributed by atoms with E-state index in [9.17, 15) is 16.8 Å². The molecule has 1 aliphatic rings. The first-order valence-electron chi connectivity index (χ1n) is 9.89. The summed E-state index contributed by atoms with van der Waals surface area (Å²) in [6, 6.07) is 11.9. The minimum Gasteiger partial charge on any atom is -0.302 e. The van der Waals surface area contributed by atoms with Crippen LogP contribution in [0.15, 0.2) is 64.6 Å². The first-order chi connectivity index (χ1) is 14.8. The van der Waals surface area contributed by atoms with Crippen LogP contribution in [0.25, 0.3) is 10.8 Å². The Kier molecular flexibility index (Phi) is 6.09. The second-order valence-electron chi connectivity index (χ2n) is 7.53. The minimum atomic E-state index is -3.81. The molecule has 31 heavy (non-hydrogen) atoms. The summed E-state index contributed by atoms with van der Waals surface area (Å²) >= 11 is 0. The Labute approximate surface area is 182 Å². The lowest BCUT2D eigenvalue weighted by atomic mass is 10.0. The van der Waals surface area contributed by atoms with Gasteiger partial charge >= 0.3 is 0 Å². The number of hydrogen-bond acceptors (Lipinski definition) is 6. The highest BCUT2D eigenvalue weighted by Crippen LogP contribution is 2.25. The summed E-state index contributed by atoms with van der Waals surface area (Å²) in [6.07, 6.45) is 3.79. The molecule has 0 fully saturated rings. The number of nitrogens with zero attached hydrogens (tertiary/aromatic N) is 2. The van der Waals surface area contributed by atoms with Crippen molar-refractivity contribution >= 4 is 30.8 Å². The molecule has 1 aliphatic heterocycles. The fourth-order valence-electron chi connectivity index (χ4n) is 3.82. The highest BCUT2D eigenvalue weighted by molar-refractivity contribution is 7.90. The van der Waals surface area contributed by atoms with Gasteiger partial charge in [-0.05, 0) is 42.8 Å². The van der Waals surface area contributed by atoms with Gasteiger partial charge < -0.3 is 4.90 Å². The van der Waals surface area contributed by atoms with Gasteiger partial charge in [0.2, 0.25) is 20.0 Å². The van der Waals surface area contributed by atoms with E-state index < -0.39 is 20.0 Å². The Morgan fingerprint density at radius 1 is 0.935 bits per heavy atom. The molecule has 0 saturated carbocycles. The van der Waals surface area contributed by atoms with E-state index in [0.717, 1.165) is 17.7 Å². The van der Waals surface area contributed by atoms with Crippen molar-refractivity contribution in [2.45, 2.75) is 22.8 Å². The van der Waals surface area contributed by atoms with Gasteiger partial charge in [0.05, 0.1) is 9.79 Å². The number of rotatable bonds is 7. The third-order valence-electron chi connectivity index (χ3n) is 5.34. The average molecular weight is 461 g/mol. The van der Waals surface area contributed by atoms with Gasteiger partial charge in [0.15, 0.2) is 0 Å². The molecule has 164 valence electrons. The molecule has 0 bridgehead atoms. The van der Waals surface area contributed by atoms with Crippen LogP contribution in [0.4, 0.5) is 0 Å². The topological polar surface area (TPSA) is 108 Å². The summed E-state index contributed by atoms with van der Waals surface area (Å²) in [7, 11) is -5.55. The van der Waals surface area contributed by atoms with Crippen molar-refractivity contribution < 1.29 is 16.8 Å². The number of fused-ring (bicyclic) bond motifs is 2. The van der Waals surface area contributed by atoms with Gasteiger partial charge in [0.1, 0.15) is 0 Å². The Morgan fingerprint density at radius 2 is 1.61 bits per heavy atom. The quantitative estimate of drug-likeness (QED) is 0.517. The van der Waals surface area contributed by atoms with Crippen LogP contribution < -0.4 is 9.44 Å². The van der Waals surface area contributed by atoms with Crippen molar-refractivity contribution in [1.29, 1.82) is 0 Å². The molecule has 0 amide bonds. The van der Waals surface area contributed by atoms with Crippen LogP contribution in [0.5, 0.6) is 0 Å². The first-order valence-corrected chi connectivity index (χ1v) is 12.9. The van der Waals surface area contributed by atoms with Gasteiger partial charge in [0, 0.05) is 49.3 Å². The van der Waals surface area contributed by atoms with Crippen LogP contribution in [0.1, 0.15) is 11.1 Å². The second kappa shape index (κ2) is 8.64. The van der Waals surface area contributed by atoms with Crippen molar-refractivity contribution in [3.05, 3.63) is 66.0 Å². The number of pyridine rings is 1. The molecule has 0 unspecified atom stereocenters. The zero-order chi connectivity index (χ0) is 22.1. The largest absolute Gasteiger partial charge is 0.302 e. The van der Waals surface area contributed by atoms with Crippen molar-refractivity contribution in [2.24, 2.45) is 0 Å². The van der Waals surface area contributed by atoms with Gasteiger partial charge in [0.25, 0.3) is 0 Å². The minimum absolute atomic E-state index is 0.0581. The van der Waals surface area contributed by atoms with Crippen LogP contribution in [0.3, 0.4) is 0 Å². The normalized spacial score (nSPS) is 15.1. The van der Waals surface area contributed by atoms with E-state index in [-0.39, 0.29) is 22.9 Å². The number of likely N-dealkylation sites (N-methyl/N-ethyl adjacent to an activating group) is 1. The SMILES string of the molecule is CN1CCc2c(cccc2S(=O)(=O)NCCNS(=O)(=O)c2cccc3cnccc23)C1. The van der Waals surface area contributed by atoms with Crippen LogP contribution in [0, 0.1) is 0 Å². The van der Waals surface area contributed by atoms with E-state index >= 15 is 0 Å². The maximum absolute atomic E-state index is 12.8. The van der Waals surface area contributed by atoms with Crippen molar-refractivity contribution in [3.8, 4) is 0 Å². The lowest BCUT2D eigenvalue weighted by Gasteiger charge is -2.26. The van der Waals surface area contributed by atoms with E-state index in [0.29, 0.717) is 23.7 Å². The number of nitrogens with one attached hydrogen (secondary N) is 2. The summed E-state index contributed by atoms with van der Waals surface area (Å²) in [4.78, 5) is 6.55. The number of hydrogen-bond donors (Lipinski definition) is 2. The fourth-order valence-corrected chi connectivity index (χ4v) is 6.42. The zero-order valence-electron chi connectivity index (χ0n) is 17.1. The summed E-state index contributed by atoms with van der Waals surface area (Å²) in [5, 5.41) is 1.28. The van der Waals surface area contributed by atoms with Gasteiger partial charge in [-0.3, -0.25) is 4.98 Å². The molecule has 3 aromatic rings. The molecule has 2 aromatic carbocycles.